The van der Waals surface area contributed by atoms with E-state index in [2.05, 4.69) is 15.3 Å². The molecule has 76 valence electrons. The maximum Gasteiger partial charge on any atom is 0.323 e. The third-order valence-electron chi connectivity index (χ3n) is 2.64. The summed E-state index contributed by atoms with van der Waals surface area (Å²) in [6, 6.07) is 0. The van der Waals surface area contributed by atoms with Gasteiger partial charge in [-0.3, -0.25) is 4.79 Å². The smallest absolute Gasteiger partial charge is 0.323 e. The summed E-state index contributed by atoms with van der Waals surface area (Å²) in [5.74, 6) is 0.0690. The van der Waals surface area contributed by atoms with Gasteiger partial charge in [0.15, 0.2) is 0 Å². The first-order valence-corrected chi connectivity index (χ1v) is 4.65. The van der Waals surface area contributed by atoms with Gasteiger partial charge in [0.2, 0.25) is 5.91 Å². The van der Waals surface area contributed by atoms with Gasteiger partial charge in [0.05, 0.1) is 12.2 Å². The van der Waals surface area contributed by atoms with Gasteiger partial charge < -0.3 is 15.3 Å². The Labute approximate surface area is 80.9 Å². The van der Waals surface area contributed by atoms with Crippen LogP contribution in [-0.2, 0) is 11.3 Å². The molecule has 1 aliphatic rings. The van der Waals surface area contributed by atoms with Crippen molar-refractivity contribution in [3.63, 3.8) is 0 Å². The molecule has 0 aromatic carbocycles. The minimum Gasteiger partial charge on any atom is -0.350 e. The maximum atomic E-state index is 11.5. The van der Waals surface area contributed by atoms with Gasteiger partial charge in [-0.1, -0.05) is 6.92 Å². The van der Waals surface area contributed by atoms with E-state index in [9.17, 15) is 9.59 Å². The average molecular weight is 195 g/mol. The summed E-state index contributed by atoms with van der Waals surface area (Å²) in [6.45, 7) is 2.33. The molecule has 1 heterocycles. The fraction of sp³-hybridized carbons (Fsp3) is 0.556. The number of hydrogen-bond acceptors (Lipinski definition) is 2. The lowest BCUT2D eigenvalue weighted by Gasteiger charge is -2.08. The Kier molecular flexibility index (Phi) is 1.94. The van der Waals surface area contributed by atoms with Gasteiger partial charge in [-0.15, -0.1) is 0 Å². The van der Waals surface area contributed by atoms with E-state index < -0.39 is 0 Å². The number of H-pyrrole nitrogens is 2. The second-order valence-electron chi connectivity index (χ2n) is 4.01. The molecule has 1 amide bonds. The van der Waals surface area contributed by atoms with Crippen LogP contribution < -0.4 is 11.0 Å². The molecule has 1 aromatic heterocycles. The number of hydrogen-bond donors (Lipinski definition) is 3. The van der Waals surface area contributed by atoms with Crippen molar-refractivity contribution < 1.29 is 4.79 Å². The van der Waals surface area contributed by atoms with E-state index >= 15 is 0 Å². The van der Waals surface area contributed by atoms with E-state index in [0.717, 1.165) is 12.8 Å². The number of aromatic nitrogens is 2. The van der Waals surface area contributed by atoms with Crippen molar-refractivity contribution in [2.45, 2.75) is 26.3 Å². The largest absolute Gasteiger partial charge is 0.350 e. The number of rotatable bonds is 3. The standard InChI is InChI=1S/C9H13N3O2/c1-9(2-3-9)7(13)10-4-6-5-11-8(14)12-6/h5H,2-4H2,1H3,(H,10,13)(H2,11,12,14). The normalized spacial score (nSPS) is 17.8. The van der Waals surface area contributed by atoms with Gasteiger partial charge >= 0.3 is 5.69 Å². The molecule has 5 heteroatoms. The van der Waals surface area contributed by atoms with Crippen molar-refractivity contribution in [2.75, 3.05) is 0 Å². The van der Waals surface area contributed by atoms with Crippen LogP contribution in [0.1, 0.15) is 25.5 Å². The lowest BCUT2D eigenvalue weighted by atomic mass is 10.1. The molecule has 0 aliphatic heterocycles. The van der Waals surface area contributed by atoms with E-state index in [1.54, 1.807) is 6.20 Å². The highest BCUT2D eigenvalue weighted by molar-refractivity contribution is 5.84. The van der Waals surface area contributed by atoms with Crippen LogP contribution in [0.15, 0.2) is 11.0 Å². The summed E-state index contributed by atoms with van der Waals surface area (Å²) in [4.78, 5) is 27.3. The number of aromatic amines is 2. The van der Waals surface area contributed by atoms with Crippen LogP contribution in [0.4, 0.5) is 0 Å². The van der Waals surface area contributed by atoms with Crippen LogP contribution in [0.5, 0.6) is 0 Å². The monoisotopic (exact) mass is 195 g/mol. The molecule has 0 saturated heterocycles. The number of imidazole rings is 1. The topological polar surface area (TPSA) is 77.8 Å². The van der Waals surface area contributed by atoms with Gasteiger partial charge in [-0.25, -0.2) is 4.79 Å². The van der Waals surface area contributed by atoms with Crippen molar-refractivity contribution in [1.29, 1.82) is 0 Å². The van der Waals surface area contributed by atoms with Crippen LogP contribution in [0.25, 0.3) is 0 Å². The third-order valence-corrected chi connectivity index (χ3v) is 2.64. The molecule has 3 N–H and O–H groups in total. The lowest BCUT2D eigenvalue weighted by molar-refractivity contribution is -0.125. The average Bonchev–Trinajstić information content (AvgIpc) is 2.76. The molecule has 1 fully saturated rings. The van der Waals surface area contributed by atoms with Crippen molar-refractivity contribution in [3.05, 3.63) is 22.4 Å². The fourth-order valence-electron chi connectivity index (χ4n) is 1.27. The zero-order valence-electron chi connectivity index (χ0n) is 8.02. The fourth-order valence-corrected chi connectivity index (χ4v) is 1.27. The molecule has 5 nitrogen and oxygen atoms in total. The molecule has 0 bridgehead atoms. The minimum atomic E-state index is -0.244. The van der Waals surface area contributed by atoms with Crippen molar-refractivity contribution in [3.8, 4) is 0 Å². The van der Waals surface area contributed by atoms with E-state index in [4.69, 9.17) is 0 Å². The molecular formula is C9H13N3O2. The summed E-state index contributed by atoms with van der Waals surface area (Å²) >= 11 is 0. The second kappa shape index (κ2) is 3.01. The Bertz CT molecular complexity index is 400. The van der Waals surface area contributed by atoms with Gasteiger partial charge in [0.1, 0.15) is 0 Å². The summed E-state index contributed by atoms with van der Waals surface area (Å²) in [6.07, 6.45) is 3.49. The molecule has 14 heavy (non-hydrogen) atoms. The Morgan fingerprint density at radius 2 is 2.36 bits per heavy atom. The van der Waals surface area contributed by atoms with E-state index in [1.165, 1.54) is 0 Å². The van der Waals surface area contributed by atoms with Crippen LogP contribution in [0.3, 0.4) is 0 Å². The first kappa shape index (κ1) is 9.05. The molecule has 0 spiro atoms. The highest BCUT2D eigenvalue weighted by Crippen LogP contribution is 2.44. The Morgan fingerprint density at radius 3 is 2.86 bits per heavy atom. The molecule has 1 aliphatic carbocycles. The Balaban J connectivity index is 1.88. The van der Waals surface area contributed by atoms with Crippen molar-refractivity contribution in [2.24, 2.45) is 5.41 Å². The van der Waals surface area contributed by atoms with Crippen LogP contribution >= 0.6 is 0 Å². The molecule has 1 aromatic rings. The molecule has 0 atom stereocenters. The predicted molar refractivity (Wildman–Crippen MR) is 50.6 cm³/mol. The highest BCUT2D eigenvalue weighted by atomic mass is 16.2. The Morgan fingerprint density at radius 1 is 1.64 bits per heavy atom. The first-order valence-electron chi connectivity index (χ1n) is 4.65. The lowest BCUT2D eigenvalue weighted by Crippen LogP contribution is -2.29. The van der Waals surface area contributed by atoms with E-state index in [0.29, 0.717) is 12.2 Å². The van der Waals surface area contributed by atoms with Crippen molar-refractivity contribution in [1.82, 2.24) is 15.3 Å². The van der Waals surface area contributed by atoms with Gasteiger partial charge in [-0.2, -0.15) is 0 Å². The van der Waals surface area contributed by atoms with Crippen LogP contribution in [0.2, 0.25) is 0 Å². The van der Waals surface area contributed by atoms with E-state index in [-0.39, 0.29) is 17.0 Å². The molecule has 0 unspecified atom stereocenters. The van der Waals surface area contributed by atoms with Crippen LogP contribution in [0, 0.1) is 5.41 Å². The zero-order chi connectivity index (χ0) is 10.2. The number of amides is 1. The summed E-state index contributed by atoms with van der Waals surface area (Å²) in [5, 5.41) is 2.79. The third kappa shape index (κ3) is 1.71. The second-order valence-corrected chi connectivity index (χ2v) is 4.01. The number of carbonyl (C=O) groups is 1. The highest BCUT2D eigenvalue weighted by Gasteiger charge is 2.44. The zero-order valence-corrected chi connectivity index (χ0v) is 8.02. The Hall–Kier alpha value is -1.52. The summed E-state index contributed by atoms with van der Waals surface area (Å²) < 4.78 is 0. The quantitative estimate of drug-likeness (QED) is 0.640. The maximum absolute atomic E-state index is 11.5. The molecular weight excluding hydrogens is 182 g/mol. The summed E-state index contributed by atoms with van der Waals surface area (Å²) in [5.41, 5.74) is 0.302. The van der Waals surface area contributed by atoms with Gasteiger partial charge in [0.25, 0.3) is 0 Å². The predicted octanol–water partition coefficient (Wildman–Crippen LogP) is 0.119. The van der Waals surface area contributed by atoms with Gasteiger partial charge in [0, 0.05) is 11.6 Å². The SMILES string of the molecule is CC1(C(=O)NCc2c[nH]c(=O)[nH]2)CC1. The number of carbonyl (C=O) groups excluding carboxylic acids is 1. The molecule has 1 saturated carbocycles. The minimum absolute atomic E-state index is 0.0690. The molecule has 0 radical (unpaired) electrons. The van der Waals surface area contributed by atoms with Crippen LogP contribution in [-0.4, -0.2) is 15.9 Å². The van der Waals surface area contributed by atoms with Crippen molar-refractivity contribution >= 4 is 5.91 Å². The summed E-state index contributed by atoms with van der Waals surface area (Å²) in [7, 11) is 0. The number of nitrogens with one attached hydrogen (secondary N) is 3. The molecule has 2 rings (SSSR count). The van der Waals surface area contributed by atoms with E-state index in [1.807, 2.05) is 6.92 Å². The van der Waals surface area contributed by atoms with Gasteiger partial charge in [-0.05, 0) is 12.8 Å². The first-order chi connectivity index (χ1) is 6.60.